The summed E-state index contributed by atoms with van der Waals surface area (Å²) in [7, 11) is 1.63. The average Bonchev–Trinajstić information content (AvgIpc) is 2.51. The summed E-state index contributed by atoms with van der Waals surface area (Å²) in [6.07, 6.45) is 1.72. The lowest BCUT2D eigenvalue weighted by atomic mass is 9.94. The Bertz CT molecular complexity index is 468. The smallest absolute Gasteiger partial charge is 0.245 e. The normalized spacial score (nSPS) is 13.0. The molecule has 0 aromatic heterocycles. The number of hydrazine groups is 1. The molecule has 6 heteroatoms. The minimum absolute atomic E-state index is 0.0717. The maximum absolute atomic E-state index is 12.4. The molecule has 1 rings (SSSR count). The second-order valence-corrected chi connectivity index (χ2v) is 5.60. The molecule has 0 aliphatic heterocycles. The van der Waals surface area contributed by atoms with Crippen LogP contribution in [-0.2, 0) is 9.53 Å². The molecule has 1 amide bonds. The standard InChI is InChI=1S/C16H25N3O2S/c1-4-8-14(13-9-6-5-7-10-13)15(20)18-19-16(22)17-12(2)11-21-3/h5-7,9-10,12,14H,4,8,11H2,1-3H3,(H,18,20)(H2,17,19,22)/t12-,14-/m0/s1. The molecule has 3 N–H and O–H groups in total. The molecule has 0 unspecified atom stereocenters. The molecular weight excluding hydrogens is 298 g/mol. The van der Waals surface area contributed by atoms with Crippen LogP contribution in [0.25, 0.3) is 0 Å². The van der Waals surface area contributed by atoms with Crippen LogP contribution in [0, 0.1) is 0 Å². The summed E-state index contributed by atoms with van der Waals surface area (Å²) in [6, 6.07) is 9.84. The van der Waals surface area contributed by atoms with Crippen molar-refractivity contribution in [2.75, 3.05) is 13.7 Å². The monoisotopic (exact) mass is 323 g/mol. The van der Waals surface area contributed by atoms with Gasteiger partial charge in [0.15, 0.2) is 5.11 Å². The van der Waals surface area contributed by atoms with Crippen molar-refractivity contribution in [2.45, 2.75) is 38.6 Å². The molecule has 0 spiro atoms. The van der Waals surface area contributed by atoms with Gasteiger partial charge in [0.05, 0.1) is 12.5 Å². The zero-order valence-corrected chi connectivity index (χ0v) is 14.2. The van der Waals surface area contributed by atoms with E-state index in [1.807, 2.05) is 37.3 Å². The first-order valence-corrected chi connectivity index (χ1v) is 7.89. The number of methoxy groups -OCH3 is 1. The van der Waals surface area contributed by atoms with Crippen molar-refractivity contribution in [1.82, 2.24) is 16.2 Å². The first-order valence-electron chi connectivity index (χ1n) is 7.48. The number of hydrogen-bond donors (Lipinski definition) is 3. The third-order valence-corrected chi connectivity index (χ3v) is 3.41. The largest absolute Gasteiger partial charge is 0.383 e. The molecule has 0 bridgehead atoms. The van der Waals surface area contributed by atoms with Crippen molar-refractivity contribution in [2.24, 2.45) is 0 Å². The van der Waals surface area contributed by atoms with E-state index in [0.717, 1.165) is 18.4 Å². The fourth-order valence-electron chi connectivity index (χ4n) is 2.18. The zero-order valence-electron chi connectivity index (χ0n) is 13.4. The lowest BCUT2D eigenvalue weighted by molar-refractivity contribution is -0.123. The summed E-state index contributed by atoms with van der Waals surface area (Å²) in [5.41, 5.74) is 6.43. The molecular formula is C16H25N3O2S. The first-order chi connectivity index (χ1) is 10.6. The highest BCUT2D eigenvalue weighted by atomic mass is 32.1. The van der Waals surface area contributed by atoms with Crippen LogP contribution in [0.5, 0.6) is 0 Å². The van der Waals surface area contributed by atoms with E-state index in [9.17, 15) is 4.79 Å². The molecule has 0 saturated heterocycles. The lowest BCUT2D eigenvalue weighted by Crippen LogP contribution is -2.51. The number of benzene rings is 1. The van der Waals surface area contributed by atoms with Crippen LogP contribution >= 0.6 is 12.2 Å². The molecule has 0 radical (unpaired) electrons. The van der Waals surface area contributed by atoms with E-state index < -0.39 is 0 Å². The minimum atomic E-state index is -0.183. The van der Waals surface area contributed by atoms with Gasteiger partial charge in [0.1, 0.15) is 0 Å². The molecule has 5 nitrogen and oxygen atoms in total. The van der Waals surface area contributed by atoms with E-state index >= 15 is 0 Å². The maximum atomic E-state index is 12.4. The Morgan fingerprint density at radius 3 is 2.55 bits per heavy atom. The average molecular weight is 323 g/mol. The molecule has 0 heterocycles. The topological polar surface area (TPSA) is 62.4 Å². The molecule has 0 fully saturated rings. The van der Waals surface area contributed by atoms with Crippen LogP contribution in [0.4, 0.5) is 0 Å². The third-order valence-electron chi connectivity index (χ3n) is 3.19. The Kier molecular flexibility index (Phi) is 8.47. The minimum Gasteiger partial charge on any atom is -0.383 e. The number of carbonyl (C=O) groups is 1. The second kappa shape index (κ2) is 10.1. The highest BCUT2D eigenvalue weighted by Gasteiger charge is 2.19. The van der Waals surface area contributed by atoms with Gasteiger partial charge >= 0.3 is 0 Å². The molecule has 122 valence electrons. The van der Waals surface area contributed by atoms with Gasteiger partial charge in [0.25, 0.3) is 0 Å². The summed E-state index contributed by atoms with van der Waals surface area (Å²) in [5, 5.41) is 3.40. The summed E-state index contributed by atoms with van der Waals surface area (Å²) in [5.74, 6) is -0.269. The predicted octanol–water partition coefficient (Wildman–Crippen LogP) is 2.10. The van der Waals surface area contributed by atoms with Crippen molar-refractivity contribution in [3.8, 4) is 0 Å². The molecule has 2 atom stereocenters. The van der Waals surface area contributed by atoms with E-state index in [0.29, 0.717) is 11.7 Å². The summed E-state index contributed by atoms with van der Waals surface area (Å²) >= 11 is 5.14. The van der Waals surface area contributed by atoms with Gasteiger partial charge in [-0.15, -0.1) is 0 Å². The Labute approximate surface area is 137 Å². The fourth-order valence-corrected chi connectivity index (χ4v) is 2.43. The number of amides is 1. The van der Waals surface area contributed by atoms with Crippen molar-refractivity contribution in [1.29, 1.82) is 0 Å². The van der Waals surface area contributed by atoms with Crippen molar-refractivity contribution in [3.63, 3.8) is 0 Å². The van der Waals surface area contributed by atoms with Crippen molar-refractivity contribution >= 4 is 23.2 Å². The number of ether oxygens (including phenoxy) is 1. The fraction of sp³-hybridized carbons (Fsp3) is 0.500. The SMILES string of the molecule is CCC[C@H](C(=O)NNC(=S)N[C@@H](C)COC)c1ccccc1. The third kappa shape index (κ3) is 6.41. The highest BCUT2D eigenvalue weighted by molar-refractivity contribution is 7.80. The Morgan fingerprint density at radius 2 is 1.95 bits per heavy atom. The van der Waals surface area contributed by atoms with Gasteiger partial charge in [-0.1, -0.05) is 43.7 Å². The first kappa shape index (κ1) is 18.4. The van der Waals surface area contributed by atoms with E-state index in [-0.39, 0.29) is 17.9 Å². The Morgan fingerprint density at radius 1 is 1.27 bits per heavy atom. The maximum Gasteiger partial charge on any atom is 0.245 e. The van der Waals surface area contributed by atoms with Crippen LogP contribution in [0.3, 0.4) is 0 Å². The van der Waals surface area contributed by atoms with Crippen molar-refractivity contribution < 1.29 is 9.53 Å². The zero-order chi connectivity index (χ0) is 16.4. The second-order valence-electron chi connectivity index (χ2n) is 5.20. The van der Waals surface area contributed by atoms with Crippen LogP contribution in [0.15, 0.2) is 30.3 Å². The molecule has 0 aliphatic rings. The number of hydrogen-bond acceptors (Lipinski definition) is 3. The number of nitrogens with one attached hydrogen (secondary N) is 3. The van der Waals surface area contributed by atoms with Gasteiger partial charge in [0, 0.05) is 13.2 Å². The van der Waals surface area contributed by atoms with Gasteiger partial charge in [-0.25, -0.2) is 0 Å². The van der Waals surface area contributed by atoms with Crippen molar-refractivity contribution in [3.05, 3.63) is 35.9 Å². The molecule has 0 saturated carbocycles. The van der Waals surface area contributed by atoms with Crippen LogP contribution in [0.1, 0.15) is 38.2 Å². The van der Waals surface area contributed by atoms with Gasteiger partial charge in [-0.3, -0.25) is 15.6 Å². The summed E-state index contributed by atoms with van der Waals surface area (Å²) in [4.78, 5) is 12.4. The Hall–Kier alpha value is -1.66. The predicted molar refractivity (Wildman–Crippen MR) is 92.4 cm³/mol. The molecule has 22 heavy (non-hydrogen) atoms. The van der Waals surface area contributed by atoms with Crippen LogP contribution in [0.2, 0.25) is 0 Å². The summed E-state index contributed by atoms with van der Waals surface area (Å²) in [6.45, 7) is 4.55. The number of rotatable bonds is 7. The number of carbonyl (C=O) groups excluding carboxylic acids is 1. The van der Waals surface area contributed by atoms with Gasteiger partial charge in [-0.2, -0.15) is 0 Å². The van der Waals surface area contributed by atoms with E-state index in [4.69, 9.17) is 17.0 Å². The van der Waals surface area contributed by atoms with Gasteiger partial charge < -0.3 is 10.1 Å². The molecule has 1 aromatic rings. The molecule has 1 aromatic carbocycles. The number of thiocarbonyl (C=S) groups is 1. The molecule has 0 aliphatic carbocycles. The van der Waals surface area contributed by atoms with Gasteiger partial charge in [0.2, 0.25) is 5.91 Å². The van der Waals surface area contributed by atoms with Crippen LogP contribution < -0.4 is 16.2 Å². The quantitative estimate of drug-likeness (QED) is 0.530. The van der Waals surface area contributed by atoms with E-state index in [2.05, 4.69) is 23.1 Å². The van der Waals surface area contributed by atoms with Crippen LogP contribution in [-0.4, -0.2) is 30.8 Å². The summed E-state index contributed by atoms with van der Waals surface area (Å²) < 4.78 is 5.02. The van der Waals surface area contributed by atoms with Gasteiger partial charge in [-0.05, 0) is 31.1 Å². The lowest BCUT2D eigenvalue weighted by Gasteiger charge is -2.20. The van der Waals surface area contributed by atoms with E-state index in [1.54, 1.807) is 7.11 Å². The highest BCUT2D eigenvalue weighted by Crippen LogP contribution is 2.20. The van der Waals surface area contributed by atoms with E-state index in [1.165, 1.54) is 0 Å². The Balaban J connectivity index is 2.52.